The van der Waals surface area contributed by atoms with Crippen molar-refractivity contribution in [2.75, 3.05) is 26.3 Å². The predicted molar refractivity (Wildman–Crippen MR) is 133 cm³/mol. The molecule has 1 N–H and O–H groups in total. The highest BCUT2D eigenvalue weighted by Crippen LogP contribution is 2.65. The number of rotatable bonds is 6. The second kappa shape index (κ2) is 8.71. The molecule has 0 aromatic heterocycles. The molecule has 0 radical (unpaired) electrons. The lowest BCUT2D eigenvalue weighted by atomic mass is 9.42. The van der Waals surface area contributed by atoms with Gasteiger partial charge in [-0.1, -0.05) is 42.5 Å². The third-order valence-electron chi connectivity index (χ3n) is 8.91. The molecule has 2 aromatic rings. The molecule has 1 saturated heterocycles. The van der Waals surface area contributed by atoms with Crippen LogP contribution < -0.4 is 5.32 Å². The number of hydrogen-bond acceptors (Lipinski definition) is 4. The Bertz CT molecular complexity index is 1180. The summed E-state index contributed by atoms with van der Waals surface area (Å²) in [5, 5.41) is 3.23. The number of amides is 1. The first-order valence-corrected chi connectivity index (χ1v) is 14.3. The lowest BCUT2D eigenvalue weighted by Gasteiger charge is -2.61. The van der Waals surface area contributed by atoms with Crippen molar-refractivity contribution in [3.05, 3.63) is 65.7 Å². The van der Waals surface area contributed by atoms with Crippen LogP contribution in [0.4, 0.5) is 0 Å². The largest absolute Gasteiger partial charge is 0.379 e. The summed E-state index contributed by atoms with van der Waals surface area (Å²) in [5.74, 6) is 1.44. The first-order chi connectivity index (χ1) is 16.9. The highest BCUT2D eigenvalue weighted by Gasteiger charge is 2.60. The van der Waals surface area contributed by atoms with Crippen LogP contribution in [0.15, 0.2) is 59.5 Å². The Labute approximate surface area is 208 Å². The normalized spacial score (nSPS) is 32.5. The molecule has 1 aliphatic heterocycles. The Morgan fingerprint density at radius 2 is 1.60 bits per heavy atom. The minimum absolute atomic E-state index is 0.137. The summed E-state index contributed by atoms with van der Waals surface area (Å²) in [5.41, 5.74) is 2.18. The molecule has 5 fully saturated rings. The quantitative estimate of drug-likeness (QED) is 0.662. The number of carbonyl (C=O) groups is 1. The molecule has 1 amide bonds. The van der Waals surface area contributed by atoms with E-state index in [9.17, 15) is 13.2 Å². The van der Waals surface area contributed by atoms with Crippen LogP contribution in [0.25, 0.3) is 0 Å². The number of carbonyl (C=O) groups excluding carboxylic acids is 1. The first kappa shape index (κ1) is 23.2. The van der Waals surface area contributed by atoms with Gasteiger partial charge < -0.3 is 10.1 Å². The summed E-state index contributed by atoms with van der Waals surface area (Å²) in [7, 11) is -3.51. The Hall–Kier alpha value is -2.22. The third kappa shape index (κ3) is 4.11. The molecule has 4 bridgehead atoms. The molecule has 35 heavy (non-hydrogen) atoms. The van der Waals surface area contributed by atoms with Crippen molar-refractivity contribution in [2.24, 2.45) is 17.3 Å². The van der Waals surface area contributed by atoms with E-state index < -0.39 is 10.0 Å². The van der Waals surface area contributed by atoms with Crippen molar-refractivity contribution in [1.82, 2.24) is 9.62 Å². The smallest absolute Gasteiger partial charge is 0.243 e. The van der Waals surface area contributed by atoms with Gasteiger partial charge in [0, 0.05) is 19.6 Å². The highest BCUT2D eigenvalue weighted by atomic mass is 32.2. The molecule has 6 nitrogen and oxygen atoms in total. The van der Waals surface area contributed by atoms with Crippen LogP contribution in [0.1, 0.15) is 49.7 Å². The van der Waals surface area contributed by atoms with Crippen molar-refractivity contribution in [3.63, 3.8) is 0 Å². The number of hydrogen-bond donors (Lipinski definition) is 1. The number of morpholine rings is 1. The van der Waals surface area contributed by atoms with E-state index in [1.54, 1.807) is 12.1 Å². The van der Waals surface area contributed by atoms with Gasteiger partial charge in [0.1, 0.15) is 0 Å². The highest BCUT2D eigenvalue weighted by molar-refractivity contribution is 7.89. The molecule has 1 heterocycles. The molecule has 0 spiro atoms. The number of ether oxygens (including phenoxy) is 1. The summed E-state index contributed by atoms with van der Waals surface area (Å²) < 4.78 is 32.5. The van der Waals surface area contributed by atoms with Crippen LogP contribution in [0, 0.1) is 17.3 Å². The molecule has 7 heteroatoms. The Balaban J connectivity index is 1.15. The summed E-state index contributed by atoms with van der Waals surface area (Å²) >= 11 is 0. The molecule has 4 saturated carbocycles. The minimum atomic E-state index is -3.51. The Morgan fingerprint density at radius 3 is 2.26 bits per heavy atom. The van der Waals surface area contributed by atoms with Gasteiger partial charge in [-0.2, -0.15) is 4.31 Å². The van der Waals surface area contributed by atoms with Crippen molar-refractivity contribution < 1.29 is 17.9 Å². The molecule has 4 aliphatic carbocycles. The van der Waals surface area contributed by atoms with Gasteiger partial charge in [-0.05, 0) is 79.0 Å². The van der Waals surface area contributed by atoms with E-state index in [-0.39, 0.29) is 16.7 Å². The molecule has 0 unspecified atom stereocenters. The van der Waals surface area contributed by atoms with Crippen molar-refractivity contribution in [2.45, 2.75) is 55.4 Å². The maximum atomic E-state index is 13.7. The van der Waals surface area contributed by atoms with Gasteiger partial charge in [-0.15, -0.1) is 0 Å². The summed E-state index contributed by atoms with van der Waals surface area (Å²) in [4.78, 5) is 13.9. The number of sulfonamides is 1. The second-order valence-electron chi connectivity index (χ2n) is 11.2. The predicted octanol–water partition coefficient (Wildman–Crippen LogP) is 3.86. The van der Waals surface area contributed by atoms with Crippen LogP contribution in [0.5, 0.6) is 0 Å². The fourth-order valence-corrected chi connectivity index (χ4v) is 9.15. The molecule has 2 aromatic carbocycles. The standard InChI is InChI=1S/C28H34N2O4S/c31-26(29-19-21-6-8-25(9-7-21)35(32,33)30-10-12-34-13-11-30)28-17-22-14-23(18-28)16-27(15-22,20-28)24-4-2-1-3-5-24/h1-9,22-23H,10-20H2,(H,29,31)/t22-,23-,27?,28?/m1/s1. The van der Waals surface area contributed by atoms with Crippen LogP contribution in [-0.4, -0.2) is 44.9 Å². The number of benzene rings is 2. The maximum Gasteiger partial charge on any atom is 0.243 e. The van der Waals surface area contributed by atoms with Gasteiger partial charge in [0.05, 0.1) is 23.5 Å². The van der Waals surface area contributed by atoms with E-state index >= 15 is 0 Å². The minimum Gasteiger partial charge on any atom is -0.379 e. The molecule has 186 valence electrons. The van der Waals surface area contributed by atoms with E-state index in [4.69, 9.17) is 4.74 Å². The molecule has 2 atom stereocenters. The Morgan fingerprint density at radius 1 is 0.943 bits per heavy atom. The van der Waals surface area contributed by atoms with E-state index in [0.717, 1.165) is 24.8 Å². The van der Waals surface area contributed by atoms with Gasteiger partial charge in [0.25, 0.3) is 0 Å². The van der Waals surface area contributed by atoms with Crippen LogP contribution in [0.2, 0.25) is 0 Å². The topological polar surface area (TPSA) is 75.7 Å². The van der Waals surface area contributed by atoms with Crippen molar-refractivity contribution in [1.29, 1.82) is 0 Å². The zero-order valence-corrected chi connectivity index (χ0v) is 20.9. The second-order valence-corrected chi connectivity index (χ2v) is 13.2. The van der Waals surface area contributed by atoms with E-state index in [0.29, 0.717) is 49.6 Å². The first-order valence-electron chi connectivity index (χ1n) is 12.9. The van der Waals surface area contributed by atoms with E-state index in [2.05, 4.69) is 35.6 Å². The van der Waals surface area contributed by atoms with Gasteiger partial charge in [-0.3, -0.25) is 4.79 Å². The summed E-state index contributed by atoms with van der Waals surface area (Å²) in [6, 6.07) is 17.8. The lowest BCUT2D eigenvalue weighted by molar-refractivity contribution is -0.149. The Kier molecular flexibility index (Phi) is 5.78. The van der Waals surface area contributed by atoms with Crippen LogP contribution >= 0.6 is 0 Å². The van der Waals surface area contributed by atoms with Gasteiger partial charge in [0.2, 0.25) is 15.9 Å². The van der Waals surface area contributed by atoms with Crippen molar-refractivity contribution >= 4 is 15.9 Å². The van der Waals surface area contributed by atoms with Gasteiger partial charge in [-0.25, -0.2) is 8.42 Å². The fourth-order valence-electron chi connectivity index (χ4n) is 7.74. The van der Waals surface area contributed by atoms with Gasteiger partial charge in [0.15, 0.2) is 0 Å². The van der Waals surface area contributed by atoms with Crippen LogP contribution in [-0.2, 0) is 31.5 Å². The average molecular weight is 495 g/mol. The summed E-state index contributed by atoms with van der Waals surface area (Å²) in [6.07, 6.45) is 6.63. The maximum absolute atomic E-state index is 13.7. The third-order valence-corrected chi connectivity index (χ3v) is 10.8. The molecular weight excluding hydrogens is 460 g/mol. The zero-order valence-electron chi connectivity index (χ0n) is 20.1. The van der Waals surface area contributed by atoms with E-state index in [1.165, 1.54) is 29.1 Å². The SMILES string of the molecule is O=C(NCc1ccc(S(=O)(=O)N2CCOCC2)cc1)C12C[C@@H]3C[C@@H](C1)CC(c1ccccc1)(C3)C2. The number of nitrogens with zero attached hydrogens (tertiary/aromatic N) is 1. The molecular formula is C28H34N2O4S. The van der Waals surface area contributed by atoms with E-state index in [1.807, 2.05) is 12.1 Å². The lowest BCUT2D eigenvalue weighted by Crippen LogP contribution is -2.59. The summed E-state index contributed by atoms with van der Waals surface area (Å²) in [6.45, 7) is 2.05. The van der Waals surface area contributed by atoms with Crippen molar-refractivity contribution in [3.8, 4) is 0 Å². The average Bonchev–Trinajstić information content (AvgIpc) is 2.88. The number of nitrogens with one attached hydrogen (secondary N) is 1. The monoisotopic (exact) mass is 494 g/mol. The zero-order chi connectivity index (χ0) is 24.1. The van der Waals surface area contributed by atoms with Gasteiger partial charge >= 0.3 is 0 Å². The van der Waals surface area contributed by atoms with Crippen LogP contribution in [0.3, 0.4) is 0 Å². The molecule has 5 aliphatic rings. The molecule has 7 rings (SSSR count). The fraction of sp³-hybridized carbons (Fsp3) is 0.536.